The Hall–Kier alpha value is -0.770. The van der Waals surface area contributed by atoms with E-state index in [2.05, 4.69) is 0 Å². The summed E-state index contributed by atoms with van der Waals surface area (Å²) in [6, 6.07) is -1.02. The Bertz CT molecular complexity index is 495. The Morgan fingerprint density at radius 1 is 1.17 bits per heavy atom. The zero-order chi connectivity index (χ0) is 17.7. The molecule has 0 saturated carbocycles. The Labute approximate surface area is 141 Å². The van der Waals surface area contributed by atoms with Crippen molar-refractivity contribution in [1.29, 1.82) is 0 Å². The van der Waals surface area contributed by atoms with E-state index in [0.717, 1.165) is 5.06 Å². The lowest BCUT2D eigenvalue weighted by molar-refractivity contribution is -0.236. The minimum Gasteiger partial charge on any atom is -0.466 e. The van der Waals surface area contributed by atoms with Gasteiger partial charge in [0.2, 0.25) is 0 Å². The standard InChI is InChI=1S/C16H27NO7/c1-6-20-11(18)7-9-13-14(24-16(4,5)23-13)12(17(9)19)10-8-21-15(2,3)22-10/h9-10,12-14,19H,6-8H2,1-5H3/t9-,10+,12+,13-,14+/m1/s1. The summed E-state index contributed by atoms with van der Waals surface area (Å²) in [5.41, 5.74) is 0. The van der Waals surface area contributed by atoms with Gasteiger partial charge in [0, 0.05) is 0 Å². The molecular weight excluding hydrogens is 318 g/mol. The molecule has 0 radical (unpaired) electrons. The van der Waals surface area contributed by atoms with Gasteiger partial charge in [0.15, 0.2) is 11.6 Å². The van der Waals surface area contributed by atoms with Crippen LogP contribution in [0.1, 0.15) is 41.0 Å². The molecule has 3 fully saturated rings. The molecule has 0 amide bonds. The molecule has 0 aromatic rings. The molecular formula is C16H27NO7. The Balaban J connectivity index is 1.80. The van der Waals surface area contributed by atoms with Gasteiger partial charge in [0.1, 0.15) is 18.3 Å². The fourth-order valence-electron chi connectivity index (χ4n) is 3.77. The summed E-state index contributed by atoms with van der Waals surface area (Å²) in [6.07, 6.45) is -1.20. The first-order chi connectivity index (χ1) is 11.1. The van der Waals surface area contributed by atoms with Gasteiger partial charge in [0.05, 0.1) is 31.7 Å². The SMILES string of the molecule is CCOC(=O)C[C@@H]1[C@H]2OC(C)(C)O[C@H]2[C@H]([C@@H]2COC(C)(C)O2)N1O. The molecule has 1 N–H and O–H groups in total. The number of carbonyl (C=O) groups is 1. The molecule has 24 heavy (non-hydrogen) atoms. The number of hydroxylamine groups is 2. The van der Waals surface area contributed by atoms with E-state index >= 15 is 0 Å². The average Bonchev–Trinajstić information content (AvgIpc) is 3.02. The highest BCUT2D eigenvalue weighted by atomic mass is 16.8. The molecule has 3 aliphatic rings. The summed E-state index contributed by atoms with van der Waals surface area (Å²) in [6.45, 7) is 9.68. The Morgan fingerprint density at radius 3 is 2.42 bits per heavy atom. The maximum atomic E-state index is 11.9. The third kappa shape index (κ3) is 3.31. The van der Waals surface area contributed by atoms with Gasteiger partial charge in [-0.05, 0) is 34.6 Å². The number of hydrogen-bond acceptors (Lipinski definition) is 8. The van der Waals surface area contributed by atoms with E-state index < -0.39 is 35.9 Å². The van der Waals surface area contributed by atoms with Crippen molar-refractivity contribution in [2.24, 2.45) is 0 Å². The van der Waals surface area contributed by atoms with Crippen molar-refractivity contribution in [3.8, 4) is 0 Å². The van der Waals surface area contributed by atoms with Crippen LogP contribution in [0.5, 0.6) is 0 Å². The van der Waals surface area contributed by atoms with Gasteiger partial charge in [-0.15, -0.1) is 0 Å². The van der Waals surface area contributed by atoms with Crippen molar-refractivity contribution in [3.05, 3.63) is 0 Å². The van der Waals surface area contributed by atoms with E-state index in [-0.39, 0.29) is 18.5 Å². The minimum absolute atomic E-state index is 0.0262. The normalized spacial score (nSPS) is 40.7. The minimum atomic E-state index is -0.781. The fraction of sp³-hybridized carbons (Fsp3) is 0.938. The number of carbonyl (C=O) groups excluding carboxylic acids is 1. The summed E-state index contributed by atoms with van der Waals surface area (Å²) >= 11 is 0. The molecule has 8 heteroatoms. The molecule has 3 saturated heterocycles. The highest BCUT2D eigenvalue weighted by molar-refractivity contribution is 5.70. The van der Waals surface area contributed by atoms with Crippen molar-refractivity contribution in [2.75, 3.05) is 13.2 Å². The van der Waals surface area contributed by atoms with Gasteiger partial charge in [-0.2, -0.15) is 5.06 Å². The van der Waals surface area contributed by atoms with E-state index in [9.17, 15) is 10.0 Å². The third-order valence-corrected chi connectivity index (χ3v) is 4.62. The molecule has 0 aromatic heterocycles. The smallest absolute Gasteiger partial charge is 0.307 e. The first-order valence-electron chi connectivity index (χ1n) is 8.44. The molecule has 5 atom stereocenters. The van der Waals surface area contributed by atoms with E-state index in [1.807, 2.05) is 27.7 Å². The monoisotopic (exact) mass is 345 g/mol. The van der Waals surface area contributed by atoms with Gasteiger partial charge < -0.3 is 28.9 Å². The largest absolute Gasteiger partial charge is 0.466 e. The number of nitrogens with zero attached hydrogens (tertiary/aromatic N) is 1. The molecule has 8 nitrogen and oxygen atoms in total. The molecule has 0 aromatic carbocycles. The molecule has 3 heterocycles. The van der Waals surface area contributed by atoms with Crippen LogP contribution in [-0.2, 0) is 28.5 Å². The lowest BCUT2D eigenvalue weighted by Crippen LogP contribution is -2.48. The van der Waals surface area contributed by atoms with Crippen LogP contribution in [0.25, 0.3) is 0 Å². The second-order valence-electron chi connectivity index (χ2n) is 7.38. The molecule has 0 spiro atoms. The number of hydrogen-bond donors (Lipinski definition) is 1. The fourth-order valence-corrected chi connectivity index (χ4v) is 3.77. The average molecular weight is 345 g/mol. The van der Waals surface area contributed by atoms with Crippen molar-refractivity contribution < 1.29 is 33.7 Å². The van der Waals surface area contributed by atoms with Crippen LogP contribution in [-0.4, -0.2) is 71.4 Å². The lowest BCUT2D eigenvalue weighted by atomic mass is 10.0. The first kappa shape index (κ1) is 18.0. The third-order valence-electron chi connectivity index (χ3n) is 4.62. The van der Waals surface area contributed by atoms with E-state index in [1.165, 1.54) is 0 Å². The van der Waals surface area contributed by atoms with Crippen molar-refractivity contribution in [3.63, 3.8) is 0 Å². The van der Waals surface area contributed by atoms with Crippen LogP contribution in [0, 0.1) is 0 Å². The predicted octanol–water partition coefficient (Wildman–Crippen LogP) is 1.05. The summed E-state index contributed by atoms with van der Waals surface area (Å²) in [5.74, 6) is -1.87. The van der Waals surface area contributed by atoms with E-state index in [1.54, 1.807) is 6.92 Å². The molecule has 3 aliphatic heterocycles. The van der Waals surface area contributed by atoms with Crippen molar-refractivity contribution in [2.45, 2.75) is 83.0 Å². The van der Waals surface area contributed by atoms with Crippen LogP contribution in [0.15, 0.2) is 0 Å². The molecule has 138 valence electrons. The van der Waals surface area contributed by atoms with Crippen LogP contribution >= 0.6 is 0 Å². The molecule has 0 unspecified atom stereocenters. The maximum absolute atomic E-state index is 11.9. The van der Waals surface area contributed by atoms with Gasteiger partial charge in [-0.25, -0.2) is 0 Å². The topological polar surface area (TPSA) is 86.7 Å². The van der Waals surface area contributed by atoms with Crippen LogP contribution < -0.4 is 0 Å². The molecule has 0 aliphatic carbocycles. The Morgan fingerprint density at radius 2 is 1.83 bits per heavy atom. The molecule has 3 rings (SSSR count). The quantitative estimate of drug-likeness (QED) is 0.757. The summed E-state index contributed by atoms with van der Waals surface area (Å²) < 4.78 is 28.5. The van der Waals surface area contributed by atoms with Crippen molar-refractivity contribution in [1.82, 2.24) is 5.06 Å². The zero-order valence-corrected chi connectivity index (χ0v) is 14.9. The second kappa shape index (κ2) is 6.19. The second-order valence-corrected chi connectivity index (χ2v) is 7.38. The highest BCUT2D eigenvalue weighted by Crippen LogP contribution is 2.43. The summed E-state index contributed by atoms with van der Waals surface area (Å²) in [5, 5.41) is 11.8. The number of rotatable bonds is 4. The molecule has 0 bridgehead atoms. The van der Waals surface area contributed by atoms with E-state index in [0.29, 0.717) is 13.2 Å². The zero-order valence-electron chi connectivity index (χ0n) is 14.9. The Kier molecular flexibility index (Phi) is 4.65. The highest BCUT2D eigenvalue weighted by Gasteiger charge is 2.61. The van der Waals surface area contributed by atoms with Gasteiger partial charge in [-0.1, -0.05) is 0 Å². The summed E-state index contributed by atoms with van der Waals surface area (Å²) in [7, 11) is 0. The van der Waals surface area contributed by atoms with Gasteiger partial charge >= 0.3 is 5.97 Å². The number of esters is 1. The van der Waals surface area contributed by atoms with Gasteiger partial charge in [-0.3, -0.25) is 4.79 Å². The summed E-state index contributed by atoms with van der Waals surface area (Å²) in [4.78, 5) is 11.9. The first-order valence-corrected chi connectivity index (χ1v) is 8.44. The van der Waals surface area contributed by atoms with Crippen molar-refractivity contribution >= 4 is 5.97 Å². The van der Waals surface area contributed by atoms with Gasteiger partial charge in [0.25, 0.3) is 0 Å². The van der Waals surface area contributed by atoms with Crippen LogP contribution in [0.2, 0.25) is 0 Å². The number of fused-ring (bicyclic) bond motifs is 1. The van der Waals surface area contributed by atoms with Crippen LogP contribution in [0.4, 0.5) is 0 Å². The van der Waals surface area contributed by atoms with E-state index in [4.69, 9.17) is 23.7 Å². The lowest BCUT2D eigenvalue weighted by Gasteiger charge is -2.32. The predicted molar refractivity (Wildman–Crippen MR) is 81.2 cm³/mol. The number of ether oxygens (including phenoxy) is 5. The maximum Gasteiger partial charge on any atom is 0.307 e. The van der Waals surface area contributed by atoms with Crippen LogP contribution in [0.3, 0.4) is 0 Å².